The molecule has 0 fully saturated rings. The number of nitrogens with one attached hydrogen (secondary N) is 1. The van der Waals surface area contributed by atoms with Gasteiger partial charge in [0.15, 0.2) is 15.0 Å². The highest BCUT2D eigenvalue weighted by Gasteiger charge is 2.15. The van der Waals surface area contributed by atoms with Gasteiger partial charge in [-0.15, -0.1) is 11.3 Å². The van der Waals surface area contributed by atoms with Crippen LogP contribution in [0.15, 0.2) is 28.5 Å². The highest BCUT2D eigenvalue weighted by atomic mass is 32.2. The molecule has 2 aromatic rings. The molecule has 0 radical (unpaired) electrons. The maximum Gasteiger partial charge on any atom is 0.275 e. The van der Waals surface area contributed by atoms with E-state index in [4.69, 9.17) is 5.73 Å². The number of nitrogens with zero attached hydrogens (tertiary/aromatic N) is 1. The van der Waals surface area contributed by atoms with E-state index < -0.39 is 15.7 Å². The number of aromatic hydroxyl groups is 1. The first-order valence-corrected chi connectivity index (χ1v) is 8.10. The van der Waals surface area contributed by atoms with Gasteiger partial charge in [0.05, 0.1) is 10.6 Å². The number of nitrogen functional groups attached to an aromatic ring is 1. The lowest BCUT2D eigenvalue weighted by molar-refractivity contribution is 0.102. The fourth-order valence-corrected chi connectivity index (χ4v) is 2.61. The summed E-state index contributed by atoms with van der Waals surface area (Å²) in [7, 11) is -3.43. The minimum Gasteiger partial charge on any atom is -0.506 e. The minimum absolute atomic E-state index is 0.00973. The smallest absolute Gasteiger partial charge is 0.275 e. The molecule has 0 spiro atoms. The molecule has 0 aliphatic heterocycles. The van der Waals surface area contributed by atoms with Gasteiger partial charge in [-0.25, -0.2) is 13.4 Å². The zero-order valence-electron chi connectivity index (χ0n) is 10.3. The number of amides is 1. The van der Waals surface area contributed by atoms with Crippen LogP contribution in [0.2, 0.25) is 0 Å². The topological polar surface area (TPSA) is 122 Å². The number of thiazole rings is 1. The molecule has 0 atom stereocenters. The summed E-state index contributed by atoms with van der Waals surface area (Å²) in [5.74, 6) is -0.826. The van der Waals surface area contributed by atoms with Gasteiger partial charge < -0.3 is 16.2 Å². The van der Waals surface area contributed by atoms with Gasteiger partial charge in [0.25, 0.3) is 5.91 Å². The molecular formula is C11H11N3O4S2. The Morgan fingerprint density at radius 1 is 1.45 bits per heavy atom. The van der Waals surface area contributed by atoms with Crippen molar-refractivity contribution in [2.24, 2.45) is 0 Å². The Balaban J connectivity index is 2.31. The molecule has 0 saturated carbocycles. The molecule has 1 amide bonds. The first-order chi connectivity index (χ1) is 9.27. The molecule has 4 N–H and O–H groups in total. The van der Waals surface area contributed by atoms with E-state index in [1.54, 1.807) is 0 Å². The van der Waals surface area contributed by atoms with Gasteiger partial charge in [-0.1, -0.05) is 0 Å². The Kier molecular flexibility index (Phi) is 3.64. The van der Waals surface area contributed by atoms with E-state index in [0.29, 0.717) is 0 Å². The lowest BCUT2D eigenvalue weighted by Crippen LogP contribution is -2.13. The third kappa shape index (κ3) is 3.06. The number of carbonyl (C=O) groups is 1. The lowest BCUT2D eigenvalue weighted by atomic mass is 10.3. The summed E-state index contributed by atoms with van der Waals surface area (Å²) in [4.78, 5) is 15.6. The first-order valence-electron chi connectivity index (χ1n) is 5.33. The number of hydrogen-bond donors (Lipinski definition) is 3. The van der Waals surface area contributed by atoms with Crippen LogP contribution in [-0.2, 0) is 9.84 Å². The molecule has 0 unspecified atom stereocenters. The molecule has 2 rings (SSSR count). The summed E-state index contributed by atoms with van der Waals surface area (Å²) in [6, 6.07) is 3.63. The van der Waals surface area contributed by atoms with Crippen LogP contribution in [0.5, 0.6) is 5.75 Å². The van der Waals surface area contributed by atoms with Crippen molar-refractivity contribution in [3.63, 3.8) is 0 Å². The Hall–Kier alpha value is -2.13. The summed E-state index contributed by atoms with van der Waals surface area (Å²) in [6.45, 7) is 0. The Bertz CT molecular complexity index is 768. The number of hydrogen-bond acceptors (Lipinski definition) is 7. The van der Waals surface area contributed by atoms with Crippen molar-refractivity contribution in [3.05, 3.63) is 29.3 Å². The molecule has 1 aromatic heterocycles. The van der Waals surface area contributed by atoms with Crippen molar-refractivity contribution >= 4 is 37.9 Å². The number of sulfone groups is 1. The molecule has 0 aliphatic rings. The van der Waals surface area contributed by atoms with Gasteiger partial charge in [0, 0.05) is 11.6 Å². The summed E-state index contributed by atoms with van der Waals surface area (Å²) in [5.41, 5.74) is 5.50. The molecule has 0 saturated heterocycles. The van der Waals surface area contributed by atoms with E-state index in [9.17, 15) is 18.3 Å². The third-order valence-corrected chi connectivity index (χ3v) is 4.18. The maximum atomic E-state index is 11.9. The summed E-state index contributed by atoms with van der Waals surface area (Å²) in [5, 5.41) is 13.7. The molecule has 9 heteroatoms. The van der Waals surface area contributed by atoms with Crippen LogP contribution in [0.25, 0.3) is 0 Å². The highest BCUT2D eigenvalue weighted by molar-refractivity contribution is 7.90. The number of phenolic OH excluding ortho intramolecular Hbond substituents is 1. The average Bonchev–Trinajstić information content (AvgIpc) is 2.77. The maximum absolute atomic E-state index is 11.9. The predicted octanol–water partition coefficient (Wildman–Crippen LogP) is 1.09. The van der Waals surface area contributed by atoms with Crippen LogP contribution < -0.4 is 11.1 Å². The van der Waals surface area contributed by atoms with E-state index in [0.717, 1.165) is 17.6 Å². The Labute approximate surface area is 119 Å². The van der Waals surface area contributed by atoms with E-state index in [1.165, 1.54) is 23.6 Å². The van der Waals surface area contributed by atoms with Gasteiger partial charge in [-0.3, -0.25) is 4.79 Å². The normalized spacial score (nSPS) is 11.2. The van der Waals surface area contributed by atoms with Crippen LogP contribution >= 0.6 is 11.3 Å². The minimum atomic E-state index is -3.43. The molecule has 7 nitrogen and oxygen atoms in total. The van der Waals surface area contributed by atoms with Gasteiger partial charge in [0.1, 0.15) is 11.4 Å². The summed E-state index contributed by atoms with van der Waals surface area (Å²) in [6.07, 6.45) is 1.03. The third-order valence-electron chi connectivity index (χ3n) is 2.40. The van der Waals surface area contributed by atoms with Crippen molar-refractivity contribution in [2.45, 2.75) is 4.90 Å². The fourth-order valence-electron chi connectivity index (χ4n) is 1.42. The number of phenols is 1. The van der Waals surface area contributed by atoms with Crippen molar-refractivity contribution in [2.75, 3.05) is 17.3 Å². The Morgan fingerprint density at radius 2 is 2.15 bits per heavy atom. The summed E-state index contributed by atoms with van der Waals surface area (Å²) >= 11 is 1.10. The fraction of sp³-hybridized carbons (Fsp3) is 0.0909. The van der Waals surface area contributed by atoms with E-state index in [1.807, 2.05) is 0 Å². The monoisotopic (exact) mass is 313 g/mol. The van der Waals surface area contributed by atoms with Crippen LogP contribution in [0, 0.1) is 0 Å². The van der Waals surface area contributed by atoms with Gasteiger partial charge in [0.2, 0.25) is 0 Å². The molecule has 1 aromatic carbocycles. The number of carbonyl (C=O) groups excluding carboxylic acids is 1. The zero-order chi connectivity index (χ0) is 14.9. The first kappa shape index (κ1) is 14.3. The van der Waals surface area contributed by atoms with Crippen LogP contribution in [0.4, 0.5) is 10.8 Å². The second kappa shape index (κ2) is 5.10. The molecule has 106 valence electrons. The summed E-state index contributed by atoms with van der Waals surface area (Å²) < 4.78 is 22.9. The number of anilines is 2. The van der Waals surface area contributed by atoms with Crippen LogP contribution in [0.3, 0.4) is 0 Å². The van der Waals surface area contributed by atoms with E-state index in [-0.39, 0.29) is 27.2 Å². The molecular weight excluding hydrogens is 302 g/mol. The second-order valence-corrected chi connectivity index (χ2v) is 6.88. The van der Waals surface area contributed by atoms with Gasteiger partial charge >= 0.3 is 0 Å². The largest absolute Gasteiger partial charge is 0.506 e. The standard InChI is InChI=1S/C11H11N3O4S2/c1-20(17,18)6-2-3-9(15)7(4-6)13-10(16)8-5-19-11(12)14-8/h2-5,15H,1H3,(H2,12,14)(H,13,16). The second-order valence-electron chi connectivity index (χ2n) is 3.98. The van der Waals surface area contributed by atoms with E-state index in [2.05, 4.69) is 10.3 Å². The number of nitrogens with two attached hydrogens (primary N) is 1. The van der Waals surface area contributed by atoms with Crippen LogP contribution in [0.1, 0.15) is 10.5 Å². The number of rotatable bonds is 3. The molecule has 0 bridgehead atoms. The predicted molar refractivity (Wildman–Crippen MR) is 75.7 cm³/mol. The SMILES string of the molecule is CS(=O)(=O)c1ccc(O)c(NC(=O)c2csc(N)n2)c1. The number of aromatic nitrogens is 1. The lowest BCUT2D eigenvalue weighted by Gasteiger charge is -2.07. The van der Waals surface area contributed by atoms with Crippen molar-refractivity contribution in [1.82, 2.24) is 4.98 Å². The molecule has 0 aliphatic carbocycles. The number of benzene rings is 1. The highest BCUT2D eigenvalue weighted by Crippen LogP contribution is 2.27. The molecule has 20 heavy (non-hydrogen) atoms. The van der Waals surface area contributed by atoms with Crippen molar-refractivity contribution in [1.29, 1.82) is 0 Å². The average molecular weight is 313 g/mol. The van der Waals surface area contributed by atoms with E-state index >= 15 is 0 Å². The van der Waals surface area contributed by atoms with Crippen molar-refractivity contribution < 1.29 is 18.3 Å². The van der Waals surface area contributed by atoms with Crippen LogP contribution in [-0.4, -0.2) is 30.7 Å². The quantitative estimate of drug-likeness (QED) is 0.729. The zero-order valence-corrected chi connectivity index (χ0v) is 12.0. The molecule has 1 heterocycles. The van der Waals surface area contributed by atoms with Crippen molar-refractivity contribution in [3.8, 4) is 5.75 Å². The Morgan fingerprint density at radius 3 is 2.70 bits per heavy atom. The van der Waals surface area contributed by atoms with Gasteiger partial charge in [-0.2, -0.15) is 0 Å². The van der Waals surface area contributed by atoms with Gasteiger partial charge in [-0.05, 0) is 18.2 Å².